The molecule has 0 radical (unpaired) electrons. The first kappa shape index (κ1) is 91.7. The summed E-state index contributed by atoms with van der Waals surface area (Å²) in [4.78, 5) is 60.7. The molecule has 0 aromatic carbocycles. The highest BCUT2D eigenvalue weighted by Gasteiger charge is 2.20. The second-order valence-corrected chi connectivity index (χ2v) is 30.3. The third-order valence-corrected chi connectivity index (χ3v) is 20.8. The van der Waals surface area contributed by atoms with Crippen molar-refractivity contribution in [1.82, 2.24) is 19.6 Å². The van der Waals surface area contributed by atoms with E-state index < -0.39 is 5.97 Å². The smallest absolute Gasteiger partial charge is 0.306 e. The highest BCUT2D eigenvalue weighted by atomic mass is 16.5. The number of hydrogen-bond donors (Lipinski definition) is 1. The average Bonchev–Trinajstić information content (AvgIpc) is 2.05. The lowest BCUT2D eigenvalue weighted by Crippen LogP contribution is -2.50. The van der Waals surface area contributed by atoms with Gasteiger partial charge < -0.3 is 29.1 Å². The molecule has 1 N–H and O–H groups in total. The molecule has 1 aliphatic rings. The Hall–Kier alpha value is -2.28. The molecule has 1 heterocycles. The fraction of sp³-hybridized carbons (Fsp3) is 0.952. The maximum atomic E-state index is 13.1. The van der Waals surface area contributed by atoms with E-state index in [0.29, 0.717) is 31.8 Å². The molecule has 1 saturated heterocycles. The lowest BCUT2D eigenvalue weighted by molar-refractivity contribution is -0.151. The minimum Gasteiger partial charge on any atom is -0.481 e. The van der Waals surface area contributed by atoms with Gasteiger partial charge in [0.25, 0.3) is 0 Å². The van der Waals surface area contributed by atoms with E-state index in [2.05, 4.69) is 61.1 Å². The second kappa shape index (κ2) is 71.1. The highest BCUT2D eigenvalue weighted by Crippen LogP contribution is 2.22. The molecule has 96 heavy (non-hydrogen) atoms. The van der Waals surface area contributed by atoms with E-state index in [-0.39, 0.29) is 36.5 Å². The van der Waals surface area contributed by atoms with E-state index in [1.54, 1.807) is 0 Å². The van der Waals surface area contributed by atoms with Crippen LogP contribution in [0.2, 0.25) is 0 Å². The van der Waals surface area contributed by atoms with Gasteiger partial charge in [0.1, 0.15) is 12.2 Å². The van der Waals surface area contributed by atoms with Crippen molar-refractivity contribution >= 4 is 23.9 Å². The Kier molecular flexibility index (Phi) is 68.0. The largest absolute Gasteiger partial charge is 0.481 e. The maximum absolute atomic E-state index is 13.1. The standard InChI is InChI=1S/C84H164N4O8/c1-7-12-17-22-31-44-57-79(58-45-32-23-18-13-8-2)95-83(92)63-50-37-28-41-54-67-85(65-52-39-26-35-48-61-81(89)90)69-71-87-73-75-88(76-74-87)72-70-86(66-53-40-27-36-49-62-82(91)94-77-78(6)56-43-30-21-16-11-5)68-55-42-29-38-51-64-84(93)96-80(59-46-33-24-19-14-9-3)60-47-34-25-20-15-10-4/h78-80H,7-77H2,1-6H3,(H,89,90). The third-order valence-electron chi connectivity index (χ3n) is 20.8. The molecule has 0 saturated carbocycles. The second-order valence-electron chi connectivity index (χ2n) is 30.3. The Morgan fingerprint density at radius 2 is 0.562 bits per heavy atom. The molecule has 0 aromatic heterocycles. The summed E-state index contributed by atoms with van der Waals surface area (Å²) in [5.41, 5.74) is 0. The Morgan fingerprint density at radius 1 is 0.312 bits per heavy atom. The predicted octanol–water partition coefficient (Wildman–Crippen LogP) is 23.0. The van der Waals surface area contributed by atoms with Crippen molar-refractivity contribution in [2.24, 2.45) is 5.92 Å². The fourth-order valence-corrected chi connectivity index (χ4v) is 14.1. The lowest BCUT2D eigenvalue weighted by Gasteiger charge is -2.37. The van der Waals surface area contributed by atoms with E-state index in [4.69, 9.17) is 19.3 Å². The van der Waals surface area contributed by atoms with E-state index in [1.165, 1.54) is 250 Å². The zero-order valence-electron chi connectivity index (χ0n) is 65.0. The number of unbranched alkanes of at least 4 members (excludes halogenated alkanes) is 40. The van der Waals surface area contributed by atoms with Crippen LogP contribution in [0.5, 0.6) is 0 Å². The number of esters is 3. The monoisotopic (exact) mass is 1360 g/mol. The summed E-state index contributed by atoms with van der Waals surface area (Å²) < 4.78 is 18.0. The Labute approximate surface area is 596 Å². The minimum absolute atomic E-state index is 0.0199. The number of carbonyl (C=O) groups is 4. The van der Waals surface area contributed by atoms with Gasteiger partial charge in [0.05, 0.1) is 6.61 Å². The fourth-order valence-electron chi connectivity index (χ4n) is 14.1. The number of carboxylic acid groups (broad SMARTS) is 1. The molecule has 0 bridgehead atoms. The molecular formula is C84H164N4O8. The van der Waals surface area contributed by atoms with Crippen LogP contribution in [-0.2, 0) is 33.4 Å². The van der Waals surface area contributed by atoms with Gasteiger partial charge in [-0.2, -0.15) is 0 Å². The van der Waals surface area contributed by atoms with Crippen molar-refractivity contribution in [3.8, 4) is 0 Å². The molecule has 1 atom stereocenters. The van der Waals surface area contributed by atoms with Crippen molar-refractivity contribution in [2.45, 2.75) is 426 Å². The molecular weight excluding hydrogens is 1190 g/mol. The van der Waals surface area contributed by atoms with E-state index in [0.717, 1.165) is 175 Å². The number of ether oxygens (including phenoxy) is 3. The van der Waals surface area contributed by atoms with Gasteiger partial charge in [-0.3, -0.25) is 29.0 Å². The number of nitrogens with zero attached hydrogens (tertiary/aromatic N) is 4. The van der Waals surface area contributed by atoms with Crippen molar-refractivity contribution in [2.75, 3.05) is 85.1 Å². The van der Waals surface area contributed by atoms with Crippen LogP contribution in [0.25, 0.3) is 0 Å². The number of aliphatic carboxylic acids is 1. The van der Waals surface area contributed by atoms with Crippen LogP contribution in [0.4, 0.5) is 0 Å². The Bertz CT molecular complexity index is 1650. The van der Waals surface area contributed by atoms with Gasteiger partial charge in [0, 0.05) is 78.0 Å². The first-order valence-corrected chi connectivity index (χ1v) is 42.7. The normalized spacial score (nSPS) is 13.5. The molecule has 1 unspecified atom stereocenters. The van der Waals surface area contributed by atoms with Gasteiger partial charge in [-0.05, 0) is 141 Å². The zero-order chi connectivity index (χ0) is 69.7. The topological polar surface area (TPSA) is 129 Å². The van der Waals surface area contributed by atoms with Gasteiger partial charge in [-0.15, -0.1) is 0 Å². The van der Waals surface area contributed by atoms with Crippen LogP contribution in [-0.4, -0.2) is 146 Å². The summed E-state index contributed by atoms with van der Waals surface area (Å²) in [6.45, 7) is 27.6. The van der Waals surface area contributed by atoms with Crippen molar-refractivity contribution in [3.63, 3.8) is 0 Å². The van der Waals surface area contributed by atoms with Gasteiger partial charge in [-0.25, -0.2) is 0 Å². The molecule has 12 nitrogen and oxygen atoms in total. The quantitative estimate of drug-likeness (QED) is 0.0354. The van der Waals surface area contributed by atoms with E-state index >= 15 is 0 Å². The molecule has 1 fully saturated rings. The number of hydrogen-bond acceptors (Lipinski definition) is 11. The van der Waals surface area contributed by atoms with Gasteiger partial charge >= 0.3 is 23.9 Å². The highest BCUT2D eigenvalue weighted by molar-refractivity contribution is 5.70. The summed E-state index contributed by atoms with van der Waals surface area (Å²) in [5, 5.41) is 9.12. The number of rotatable bonds is 76. The Morgan fingerprint density at radius 3 is 0.865 bits per heavy atom. The molecule has 0 aliphatic carbocycles. The molecule has 1 rings (SSSR count). The summed E-state index contributed by atoms with van der Waals surface area (Å²) >= 11 is 0. The van der Waals surface area contributed by atoms with Gasteiger partial charge in [-0.1, -0.05) is 279 Å². The number of carbonyl (C=O) groups excluding carboxylic acids is 3. The van der Waals surface area contributed by atoms with Crippen molar-refractivity contribution in [3.05, 3.63) is 0 Å². The first-order valence-electron chi connectivity index (χ1n) is 42.7. The van der Waals surface area contributed by atoms with Crippen LogP contribution in [0, 0.1) is 5.92 Å². The van der Waals surface area contributed by atoms with Crippen LogP contribution in [0.15, 0.2) is 0 Å². The molecule has 0 amide bonds. The van der Waals surface area contributed by atoms with E-state index in [9.17, 15) is 19.2 Å². The molecule has 1 aliphatic heterocycles. The van der Waals surface area contributed by atoms with Gasteiger partial charge in [0.15, 0.2) is 0 Å². The van der Waals surface area contributed by atoms with Gasteiger partial charge in [0.2, 0.25) is 0 Å². The summed E-state index contributed by atoms with van der Waals surface area (Å²) in [5.74, 6) is -0.208. The van der Waals surface area contributed by atoms with Crippen LogP contribution < -0.4 is 0 Å². The summed E-state index contributed by atoms with van der Waals surface area (Å²) in [6.07, 6.45) is 66.4. The first-order chi connectivity index (χ1) is 47.0. The SMILES string of the molecule is CCCCCCCCC(CCCCCCCC)OC(=O)CCCCCCCN(CCCCCCCC(=O)O)CCN1CCN(CCN(CCCCCCCC(=O)OCC(C)CCCCCCC)CCCCCCCC(=O)OC(CCCCCCCC)CCCCCCCC)CC1. The van der Waals surface area contributed by atoms with Crippen LogP contribution in [0.3, 0.4) is 0 Å². The van der Waals surface area contributed by atoms with Crippen LogP contribution >= 0.6 is 0 Å². The predicted molar refractivity (Wildman–Crippen MR) is 409 cm³/mol. The van der Waals surface area contributed by atoms with Crippen molar-refractivity contribution < 1.29 is 38.5 Å². The summed E-state index contributed by atoms with van der Waals surface area (Å²) in [6, 6.07) is 0. The molecule has 12 heteroatoms. The Balaban J connectivity index is 2.72. The molecule has 0 spiro atoms. The van der Waals surface area contributed by atoms with Crippen LogP contribution in [0.1, 0.15) is 414 Å². The maximum Gasteiger partial charge on any atom is 0.306 e. The number of carboxylic acids is 1. The average molecular weight is 1360 g/mol. The zero-order valence-corrected chi connectivity index (χ0v) is 65.0. The minimum atomic E-state index is -0.685. The molecule has 568 valence electrons. The summed E-state index contributed by atoms with van der Waals surface area (Å²) in [7, 11) is 0. The lowest BCUT2D eigenvalue weighted by atomic mass is 10.0. The number of piperazine rings is 1. The third kappa shape index (κ3) is 62.7. The van der Waals surface area contributed by atoms with E-state index in [1.807, 2.05) is 0 Å². The van der Waals surface area contributed by atoms with Crippen molar-refractivity contribution in [1.29, 1.82) is 0 Å². The molecule has 0 aromatic rings.